The molecule has 0 bridgehead atoms. The van der Waals surface area contributed by atoms with E-state index in [1.807, 2.05) is 48.5 Å². The molecule has 1 heterocycles. The first-order valence-electron chi connectivity index (χ1n) is 9.00. The molecule has 0 aliphatic carbocycles. The van der Waals surface area contributed by atoms with E-state index in [-0.39, 0.29) is 30.8 Å². The molecule has 5 heteroatoms. The van der Waals surface area contributed by atoms with E-state index < -0.39 is 0 Å². The minimum atomic E-state index is -0.381. The van der Waals surface area contributed by atoms with Gasteiger partial charge in [-0.05, 0) is 29.8 Å². The lowest BCUT2D eigenvalue weighted by Gasteiger charge is -2.27. The van der Waals surface area contributed by atoms with E-state index in [1.54, 1.807) is 36.4 Å². The van der Waals surface area contributed by atoms with Crippen molar-refractivity contribution in [3.8, 4) is 0 Å². The van der Waals surface area contributed by atoms with Crippen LogP contribution in [0.5, 0.6) is 0 Å². The Balaban J connectivity index is 1.63. The van der Waals surface area contributed by atoms with Gasteiger partial charge in [0.05, 0.1) is 17.5 Å². The van der Waals surface area contributed by atoms with Gasteiger partial charge < -0.3 is 0 Å². The minimum Gasteiger partial charge on any atom is -0.293 e. The van der Waals surface area contributed by atoms with Crippen molar-refractivity contribution in [3.63, 3.8) is 0 Å². The van der Waals surface area contributed by atoms with Crippen molar-refractivity contribution in [1.29, 1.82) is 0 Å². The lowest BCUT2D eigenvalue weighted by molar-refractivity contribution is -0.118. The fraction of sp³-hybridized carbons (Fsp3) is 0.0870. The first-order valence-corrected chi connectivity index (χ1v) is 9.00. The van der Waals surface area contributed by atoms with Gasteiger partial charge in [0.2, 0.25) is 5.91 Å². The molecule has 5 nitrogen and oxygen atoms in total. The number of rotatable bonds is 5. The average Bonchev–Trinajstić information content (AvgIpc) is 2.98. The summed E-state index contributed by atoms with van der Waals surface area (Å²) in [7, 11) is 0. The molecule has 3 aromatic rings. The molecule has 3 amide bonds. The van der Waals surface area contributed by atoms with E-state index in [0.29, 0.717) is 16.8 Å². The second-order valence-electron chi connectivity index (χ2n) is 6.55. The highest BCUT2D eigenvalue weighted by Gasteiger charge is 2.37. The normalized spacial score (nSPS) is 12.8. The Morgan fingerprint density at radius 1 is 0.714 bits per heavy atom. The predicted octanol–water partition coefficient (Wildman–Crippen LogP) is 3.52. The van der Waals surface area contributed by atoms with Crippen molar-refractivity contribution in [2.45, 2.75) is 6.42 Å². The van der Waals surface area contributed by atoms with E-state index >= 15 is 0 Å². The van der Waals surface area contributed by atoms with Crippen LogP contribution in [0.1, 0.15) is 26.3 Å². The van der Waals surface area contributed by atoms with Crippen LogP contribution in [0.25, 0.3) is 0 Å². The van der Waals surface area contributed by atoms with E-state index in [4.69, 9.17) is 0 Å². The zero-order chi connectivity index (χ0) is 19.5. The molecule has 0 aromatic heterocycles. The number of anilines is 1. The lowest BCUT2D eigenvalue weighted by atomic mass is 10.1. The number of nitrogens with zero attached hydrogens (tertiary/aromatic N) is 2. The van der Waals surface area contributed by atoms with Crippen LogP contribution >= 0.6 is 0 Å². The van der Waals surface area contributed by atoms with Crippen LogP contribution in [0, 0.1) is 0 Å². The Kier molecular flexibility index (Phi) is 4.72. The number of fused-ring (bicyclic) bond motifs is 1. The quantitative estimate of drug-likeness (QED) is 0.646. The van der Waals surface area contributed by atoms with Crippen LogP contribution in [-0.2, 0) is 11.2 Å². The highest BCUT2D eigenvalue weighted by Crippen LogP contribution is 2.24. The average molecular weight is 370 g/mol. The second-order valence-corrected chi connectivity index (χ2v) is 6.55. The van der Waals surface area contributed by atoms with E-state index in [2.05, 4.69) is 0 Å². The maximum Gasteiger partial charge on any atom is 0.263 e. The van der Waals surface area contributed by atoms with Gasteiger partial charge >= 0.3 is 0 Å². The Morgan fingerprint density at radius 2 is 1.21 bits per heavy atom. The summed E-state index contributed by atoms with van der Waals surface area (Å²) in [6.45, 7) is -0.123. The van der Waals surface area contributed by atoms with Gasteiger partial charge in [0.25, 0.3) is 11.8 Å². The van der Waals surface area contributed by atoms with Gasteiger partial charge in [0.15, 0.2) is 0 Å². The summed E-state index contributed by atoms with van der Waals surface area (Å²) in [5.74, 6) is -0.947. The van der Waals surface area contributed by atoms with Crippen LogP contribution in [0.3, 0.4) is 0 Å². The standard InChI is InChI=1S/C23H18N2O3/c26-21(15-17-9-3-1-4-10-17)24(18-11-5-2-6-12-18)16-25-22(27)19-13-7-8-14-20(19)23(25)28/h1-14H,15-16H2. The molecule has 0 spiro atoms. The number of carbonyl (C=O) groups excluding carboxylic acids is 3. The molecular formula is C23H18N2O3. The molecule has 28 heavy (non-hydrogen) atoms. The zero-order valence-corrected chi connectivity index (χ0v) is 15.1. The third-order valence-corrected chi connectivity index (χ3v) is 4.73. The molecule has 1 aliphatic rings. The zero-order valence-electron chi connectivity index (χ0n) is 15.1. The highest BCUT2D eigenvalue weighted by atomic mass is 16.2. The van der Waals surface area contributed by atoms with Gasteiger partial charge in [-0.1, -0.05) is 60.7 Å². The number of para-hydroxylation sites is 1. The number of benzene rings is 3. The number of amides is 3. The first-order chi connectivity index (χ1) is 13.6. The molecular weight excluding hydrogens is 352 g/mol. The van der Waals surface area contributed by atoms with Crippen molar-refractivity contribution in [3.05, 3.63) is 102 Å². The highest BCUT2D eigenvalue weighted by molar-refractivity contribution is 6.21. The Hall–Kier alpha value is -3.73. The maximum absolute atomic E-state index is 13.1. The number of hydrogen-bond acceptors (Lipinski definition) is 3. The lowest BCUT2D eigenvalue weighted by Crippen LogP contribution is -2.45. The van der Waals surface area contributed by atoms with Crippen molar-refractivity contribution < 1.29 is 14.4 Å². The summed E-state index contributed by atoms with van der Waals surface area (Å²) in [6.07, 6.45) is 0.179. The third-order valence-electron chi connectivity index (χ3n) is 4.73. The van der Waals surface area contributed by atoms with Crippen LogP contribution in [0.2, 0.25) is 0 Å². The molecule has 4 rings (SSSR count). The largest absolute Gasteiger partial charge is 0.293 e. The summed E-state index contributed by atoms with van der Waals surface area (Å²) in [5, 5.41) is 0. The van der Waals surface area contributed by atoms with Gasteiger partial charge in [0.1, 0.15) is 6.67 Å². The summed E-state index contributed by atoms with van der Waals surface area (Å²) in [6, 6.07) is 25.2. The molecule has 0 radical (unpaired) electrons. The summed E-state index contributed by atoms with van der Waals surface area (Å²) in [5.41, 5.74) is 2.25. The summed E-state index contributed by atoms with van der Waals surface area (Å²) < 4.78 is 0. The fourth-order valence-corrected chi connectivity index (χ4v) is 3.29. The SMILES string of the molecule is O=C1c2ccccc2C(=O)N1CN(C(=O)Cc1ccccc1)c1ccccc1. The molecule has 0 saturated carbocycles. The number of carbonyl (C=O) groups is 3. The van der Waals surface area contributed by atoms with Crippen LogP contribution in [-0.4, -0.2) is 29.3 Å². The minimum absolute atomic E-state index is 0.123. The Bertz CT molecular complexity index is 997. The summed E-state index contributed by atoms with van der Waals surface area (Å²) in [4.78, 5) is 41.1. The predicted molar refractivity (Wildman–Crippen MR) is 106 cm³/mol. The van der Waals surface area contributed by atoms with Crippen LogP contribution in [0.4, 0.5) is 5.69 Å². The number of imide groups is 1. The molecule has 1 aliphatic heterocycles. The van der Waals surface area contributed by atoms with E-state index in [9.17, 15) is 14.4 Å². The molecule has 0 saturated heterocycles. The van der Waals surface area contributed by atoms with Gasteiger partial charge in [-0.25, -0.2) is 0 Å². The maximum atomic E-state index is 13.1. The molecule has 0 fully saturated rings. The second kappa shape index (κ2) is 7.48. The monoisotopic (exact) mass is 370 g/mol. The molecule has 3 aromatic carbocycles. The van der Waals surface area contributed by atoms with Crippen molar-refractivity contribution in [2.24, 2.45) is 0 Å². The van der Waals surface area contributed by atoms with Crippen LogP contribution in [0.15, 0.2) is 84.9 Å². The molecule has 0 N–H and O–H groups in total. The van der Waals surface area contributed by atoms with Gasteiger partial charge in [-0.2, -0.15) is 0 Å². The molecule has 0 atom stereocenters. The smallest absolute Gasteiger partial charge is 0.263 e. The molecule has 138 valence electrons. The fourth-order valence-electron chi connectivity index (χ4n) is 3.29. The van der Waals surface area contributed by atoms with Gasteiger partial charge in [-0.15, -0.1) is 0 Å². The first kappa shape index (κ1) is 17.7. The Morgan fingerprint density at radius 3 is 1.79 bits per heavy atom. The van der Waals surface area contributed by atoms with Crippen LogP contribution < -0.4 is 4.90 Å². The van der Waals surface area contributed by atoms with Crippen molar-refractivity contribution >= 4 is 23.4 Å². The summed E-state index contributed by atoms with van der Waals surface area (Å²) >= 11 is 0. The van der Waals surface area contributed by atoms with Gasteiger partial charge in [0, 0.05) is 5.69 Å². The van der Waals surface area contributed by atoms with Gasteiger partial charge in [-0.3, -0.25) is 24.2 Å². The molecule has 0 unspecified atom stereocenters. The van der Waals surface area contributed by atoms with Crippen molar-refractivity contribution in [1.82, 2.24) is 4.90 Å². The van der Waals surface area contributed by atoms with E-state index in [0.717, 1.165) is 10.5 Å². The van der Waals surface area contributed by atoms with E-state index in [1.165, 1.54) is 4.90 Å². The van der Waals surface area contributed by atoms with Crippen molar-refractivity contribution in [2.75, 3.05) is 11.6 Å². The third kappa shape index (κ3) is 3.30. The Labute approximate surface area is 162 Å². The topological polar surface area (TPSA) is 57.7 Å². The number of hydrogen-bond donors (Lipinski definition) is 0.